The largest absolute Gasteiger partial charge is 0.293 e. The number of Topliss-reactive ketones (excluding diaryl/α,β-unsaturated/α-hetero) is 1. The highest BCUT2D eigenvalue weighted by molar-refractivity contribution is 6.43. The summed E-state index contributed by atoms with van der Waals surface area (Å²) < 4.78 is 0. The lowest BCUT2D eigenvalue weighted by molar-refractivity contribution is -0.121. The number of ketones is 1. The Kier molecular flexibility index (Phi) is 6.18. The number of hydrogen-bond donors (Lipinski definition) is 0. The van der Waals surface area contributed by atoms with E-state index >= 15 is 0 Å². The molecule has 0 heterocycles. The van der Waals surface area contributed by atoms with E-state index in [0.717, 1.165) is 0 Å². The average Bonchev–Trinajstić information content (AvgIpc) is 2.30. The molecular formula is C15H21ClN2O. The van der Waals surface area contributed by atoms with Crippen molar-refractivity contribution in [2.75, 3.05) is 0 Å². The molecule has 0 aliphatic heterocycles. The number of carbonyl (C=O) groups is 1. The monoisotopic (exact) mass is 280 g/mol. The summed E-state index contributed by atoms with van der Waals surface area (Å²) in [5.41, 5.74) is -0.311. The Morgan fingerprint density at radius 1 is 1.37 bits per heavy atom. The third-order valence-electron chi connectivity index (χ3n) is 2.75. The van der Waals surface area contributed by atoms with Crippen molar-refractivity contribution < 1.29 is 4.79 Å². The Balaban J connectivity index is 5.08. The number of aliphatic imine (C=N–C) groups is 1. The van der Waals surface area contributed by atoms with Gasteiger partial charge in [0.1, 0.15) is 0 Å². The maximum absolute atomic E-state index is 11.9. The van der Waals surface area contributed by atoms with Crippen molar-refractivity contribution in [3.05, 3.63) is 23.8 Å². The summed E-state index contributed by atoms with van der Waals surface area (Å²) in [4.78, 5) is 15.7. The molecule has 0 atom stereocenters. The topological polar surface area (TPSA) is 53.2 Å². The summed E-state index contributed by atoms with van der Waals surface area (Å²) in [6.45, 7) is 13.0. The van der Waals surface area contributed by atoms with Crippen LogP contribution < -0.4 is 0 Å². The SMILES string of the molecule is C=C/C(=N\C#N)C(C)(C)C/C=C(\Cl)C(=O)C(C)(C)C. The number of nitrogens with zero attached hydrogens (tertiary/aromatic N) is 2. The lowest BCUT2D eigenvalue weighted by Gasteiger charge is -2.23. The standard InChI is InChI=1S/C15H21ClN2O/c1-7-12(18-10-17)15(5,6)9-8-11(16)13(19)14(2,3)4/h7-8H,1,9H2,2-6H3/b11-8-,18-12+. The van der Waals surface area contributed by atoms with Gasteiger partial charge in [-0.05, 0) is 12.5 Å². The van der Waals surface area contributed by atoms with E-state index in [1.54, 1.807) is 18.3 Å². The molecule has 19 heavy (non-hydrogen) atoms. The van der Waals surface area contributed by atoms with Gasteiger partial charge in [-0.1, -0.05) is 58.9 Å². The fraction of sp³-hybridized carbons (Fsp3) is 0.533. The van der Waals surface area contributed by atoms with E-state index in [2.05, 4.69) is 11.6 Å². The quantitative estimate of drug-likeness (QED) is 0.429. The Labute approximate surface area is 120 Å². The van der Waals surface area contributed by atoms with Gasteiger partial charge in [0, 0.05) is 10.8 Å². The highest BCUT2D eigenvalue weighted by Gasteiger charge is 2.26. The molecule has 0 aliphatic rings. The van der Waals surface area contributed by atoms with Gasteiger partial charge >= 0.3 is 0 Å². The normalized spacial score (nSPS) is 13.9. The minimum absolute atomic E-state index is 0.0951. The molecule has 104 valence electrons. The summed E-state index contributed by atoms with van der Waals surface area (Å²) in [5.74, 6) is -0.0951. The number of allylic oxidation sites excluding steroid dienone is 3. The van der Waals surface area contributed by atoms with E-state index in [9.17, 15) is 4.79 Å². The summed E-state index contributed by atoms with van der Waals surface area (Å²) >= 11 is 6.03. The lowest BCUT2D eigenvalue weighted by atomic mass is 9.82. The molecular weight excluding hydrogens is 260 g/mol. The third kappa shape index (κ3) is 5.40. The highest BCUT2D eigenvalue weighted by Crippen LogP contribution is 2.28. The van der Waals surface area contributed by atoms with Crippen LogP contribution in [0.25, 0.3) is 0 Å². The van der Waals surface area contributed by atoms with Gasteiger partial charge in [-0.3, -0.25) is 4.79 Å². The first-order valence-corrected chi connectivity index (χ1v) is 6.44. The number of rotatable bonds is 5. The van der Waals surface area contributed by atoms with Crippen molar-refractivity contribution in [2.45, 2.75) is 41.0 Å². The second-order valence-corrected chi connectivity index (χ2v) is 6.43. The van der Waals surface area contributed by atoms with Crippen LogP contribution in [0.5, 0.6) is 0 Å². The van der Waals surface area contributed by atoms with Crippen molar-refractivity contribution in [3.63, 3.8) is 0 Å². The van der Waals surface area contributed by atoms with Crippen molar-refractivity contribution in [2.24, 2.45) is 15.8 Å². The van der Waals surface area contributed by atoms with Gasteiger partial charge in [-0.15, -0.1) is 0 Å². The molecule has 0 rings (SSSR count). The zero-order valence-electron chi connectivity index (χ0n) is 12.2. The molecule has 0 N–H and O–H groups in total. The Bertz CT molecular complexity index is 460. The molecule has 0 aromatic carbocycles. The number of carbonyl (C=O) groups excluding carboxylic acids is 1. The van der Waals surface area contributed by atoms with Crippen LogP contribution in [0.2, 0.25) is 0 Å². The fourth-order valence-electron chi connectivity index (χ4n) is 1.43. The summed E-state index contributed by atoms with van der Waals surface area (Å²) in [7, 11) is 0. The Morgan fingerprint density at radius 3 is 2.26 bits per heavy atom. The second-order valence-electron chi connectivity index (χ2n) is 6.02. The van der Waals surface area contributed by atoms with Crippen LogP contribution in [0.15, 0.2) is 28.8 Å². The molecule has 0 unspecified atom stereocenters. The number of halogens is 1. The van der Waals surface area contributed by atoms with Gasteiger partial charge in [0.25, 0.3) is 0 Å². The minimum Gasteiger partial charge on any atom is -0.293 e. The van der Waals surface area contributed by atoms with Crippen LogP contribution in [0.3, 0.4) is 0 Å². The predicted octanol–water partition coefficient (Wildman–Crippen LogP) is 4.25. The fourth-order valence-corrected chi connectivity index (χ4v) is 1.79. The van der Waals surface area contributed by atoms with Crippen molar-refractivity contribution >= 4 is 23.1 Å². The van der Waals surface area contributed by atoms with Gasteiger partial charge in [-0.2, -0.15) is 10.3 Å². The van der Waals surface area contributed by atoms with E-state index in [0.29, 0.717) is 12.1 Å². The van der Waals surface area contributed by atoms with E-state index in [1.165, 1.54) is 0 Å². The van der Waals surface area contributed by atoms with Gasteiger partial charge < -0.3 is 0 Å². The van der Waals surface area contributed by atoms with Crippen molar-refractivity contribution in [1.82, 2.24) is 0 Å². The molecule has 0 radical (unpaired) electrons. The summed E-state index contributed by atoms with van der Waals surface area (Å²) in [5, 5.41) is 8.85. The molecule has 0 aromatic heterocycles. The number of hydrogen-bond acceptors (Lipinski definition) is 3. The zero-order valence-corrected chi connectivity index (χ0v) is 13.0. The zero-order chi connectivity index (χ0) is 15.3. The maximum Gasteiger partial charge on any atom is 0.205 e. The third-order valence-corrected chi connectivity index (χ3v) is 3.07. The Morgan fingerprint density at radius 2 is 1.89 bits per heavy atom. The molecule has 0 spiro atoms. The van der Waals surface area contributed by atoms with Gasteiger partial charge in [0.2, 0.25) is 6.19 Å². The molecule has 0 fully saturated rings. The Hall–Kier alpha value is -1.40. The van der Waals surface area contributed by atoms with Crippen LogP contribution in [0.4, 0.5) is 0 Å². The highest BCUT2D eigenvalue weighted by atomic mass is 35.5. The van der Waals surface area contributed by atoms with Crippen LogP contribution in [-0.4, -0.2) is 11.5 Å². The van der Waals surface area contributed by atoms with E-state index in [1.807, 2.05) is 34.6 Å². The average molecular weight is 281 g/mol. The summed E-state index contributed by atoms with van der Waals surface area (Å²) in [6, 6.07) is 0. The van der Waals surface area contributed by atoms with Gasteiger partial charge in [-0.25, -0.2) is 0 Å². The molecule has 0 saturated heterocycles. The van der Waals surface area contributed by atoms with Crippen LogP contribution in [0.1, 0.15) is 41.0 Å². The smallest absolute Gasteiger partial charge is 0.205 e. The molecule has 0 amide bonds. The second kappa shape index (κ2) is 6.68. The molecule has 0 saturated carbocycles. The van der Waals surface area contributed by atoms with Crippen molar-refractivity contribution in [1.29, 1.82) is 5.26 Å². The molecule has 0 aliphatic carbocycles. The first-order valence-electron chi connectivity index (χ1n) is 6.06. The molecule has 4 heteroatoms. The molecule has 0 aromatic rings. The molecule has 3 nitrogen and oxygen atoms in total. The lowest BCUT2D eigenvalue weighted by Crippen LogP contribution is -2.23. The molecule has 0 bridgehead atoms. The maximum atomic E-state index is 11.9. The first kappa shape index (κ1) is 17.6. The minimum atomic E-state index is -0.500. The van der Waals surface area contributed by atoms with Crippen LogP contribution >= 0.6 is 11.6 Å². The van der Waals surface area contributed by atoms with E-state index in [4.69, 9.17) is 16.9 Å². The first-order chi connectivity index (χ1) is 8.56. The van der Waals surface area contributed by atoms with E-state index in [-0.39, 0.29) is 10.8 Å². The van der Waals surface area contributed by atoms with Crippen LogP contribution in [-0.2, 0) is 4.79 Å². The van der Waals surface area contributed by atoms with Gasteiger partial charge in [0.05, 0.1) is 10.7 Å². The predicted molar refractivity (Wildman–Crippen MR) is 80.0 cm³/mol. The summed E-state index contributed by atoms with van der Waals surface area (Å²) in [6.07, 6.45) is 5.51. The van der Waals surface area contributed by atoms with Crippen LogP contribution in [0, 0.1) is 22.3 Å². The van der Waals surface area contributed by atoms with E-state index < -0.39 is 10.8 Å². The van der Waals surface area contributed by atoms with Gasteiger partial charge in [0.15, 0.2) is 5.78 Å². The van der Waals surface area contributed by atoms with Crippen molar-refractivity contribution in [3.8, 4) is 6.19 Å². The number of nitriles is 1.